The average molecular weight is 414 g/mol. The smallest absolute Gasteiger partial charge is 0.161 e. The average Bonchev–Trinajstić information content (AvgIpc) is 3.23. The van der Waals surface area contributed by atoms with Crippen molar-refractivity contribution in [2.24, 2.45) is 0 Å². The number of piperidine rings is 1. The lowest BCUT2D eigenvalue weighted by Crippen LogP contribution is -2.50. The van der Waals surface area contributed by atoms with E-state index in [1.165, 1.54) is 11.3 Å². The first-order valence-electron chi connectivity index (χ1n) is 10.6. The molecule has 3 aliphatic rings. The minimum atomic E-state index is -2.82. The SMILES string of the molecule is O=S1(=O)CCN(C2CCN(c3nc(-c4ccncc4)nc4c3CCC4)CC2)CC1. The fraction of sp³-hybridized carbons (Fsp3) is 0.571. The van der Waals surface area contributed by atoms with Gasteiger partial charge in [-0.3, -0.25) is 9.88 Å². The third kappa shape index (κ3) is 3.88. The molecule has 0 amide bonds. The van der Waals surface area contributed by atoms with Crippen molar-refractivity contribution < 1.29 is 8.42 Å². The maximum Gasteiger partial charge on any atom is 0.161 e. The van der Waals surface area contributed by atoms with Gasteiger partial charge in [-0.25, -0.2) is 18.4 Å². The van der Waals surface area contributed by atoms with Crippen molar-refractivity contribution in [3.05, 3.63) is 35.8 Å². The maximum absolute atomic E-state index is 11.7. The fourth-order valence-corrected chi connectivity index (χ4v) is 6.07. The third-order valence-electron chi connectivity index (χ3n) is 6.51. The highest BCUT2D eigenvalue weighted by Crippen LogP contribution is 2.33. The van der Waals surface area contributed by atoms with E-state index in [2.05, 4.69) is 14.8 Å². The van der Waals surface area contributed by atoms with Crippen LogP contribution in [0.2, 0.25) is 0 Å². The number of sulfone groups is 1. The summed E-state index contributed by atoms with van der Waals surface area (Å²) in [5.41, 5.74) is 3.54. The van der Waals surface area contributed by atoms with Crippen LogP contribution in [0.15, 0.2) is 24.5 Å². The van der Waals surface area contributed by atoms with Gasteiger partial charge in [-0.2, -0.15) is 0 Å². The zero-order chi connectivity index (χ0) is 19.8. The Morgan fingerprint density at radius 1 is 0.931 bits per heavy atom. The molecule has 154 valence electrons. The van der Waals surface area contributed by atoms with Crippen LogP contribution in [0.25, 0.3) is 11.4 Å². The summed E-state index contributed by atoms with van der Waals surface area (Å²) in [7, 11) is -2.82. The van der Waals surface area contributed by atoms with Crippen molar-refractivity contribution in [1.82, 2.24) is 19.9 Å². The van der Waals surface area contributed by atoms with E-state index in [1.54, 1.807) is 12.4 Å². The van der Waals surface area contributed by atoms with E-state index in [0.717, 1.165) is 62.4 Å². The molecule has 5 rings (SSSR count). The normalized spacial score (nSPS) is 22.6. The highest BCUT2D eigenvalue weighted by molar-refractivity contribution is 7.91. The van der Waals surface area contributed by atoms with Gasteiger partial charge >= 0.3 is 0 Å². The Hall–Kier alpha value is -2.06. The van der Waals surface area contributed by atoms with Crippen molar-refractivity contribution in [3.63, 3.8) is 0 Å². The van der Waals surface area contributed by atoms with Crippen LogP contribution in [-0.2, 0) is 22.7 Å². The van der Waals surface area contributed by atoms with E-state index in [0.29, 0.717) is 30.6 Å². The molecule has 2 fully saturated rings. The van der Waals surface area contributed by atoms with E-state index in [9.17, 15) is 8.42 Å². The summed E-state index contributed by atoms with van der Waals surface area (Å²) in [4.78, 5) is 18.8. The van der Waals surface area contributed by atoms with Crippen LogP contribution in [-0.4, -0.2) is 72.0 Å². The second-order valence-corrected chi connectivity index (χ2v) is 10.6. The first-order valence-corrected chi connectivity index (χ1v) is 12.4. The Labute approximate surface area is 172 Å². The van der Waals surface area contributed by atoms with Crippen molar-refractivity contribution in [2.75, 3.05) is 42.6 Å². The standard InChI is InChI=1S/C21H27N5O2S/c27-29(28)14-12-25(13-15-29)17-6-10-26(11-7-17)21-18-2-1-3-19(18)23-20(24-21)16-4-8-22-9-5-16/h4-5,8-9,17H,1-3,6-7,10-15H2. The number of fused-ring (bicyclic) bond motifs is 1. The van der Waals surface area contributed by atoms with Crippen molar-refractivity contribution in [2.45, 2.75) is 38.1 Å². The number of rotatable bonds is 3. The van der Waals surface area contributed by atoms with Gasteiger partial charge in [0.05, 0.1) is 11.5 Å². The highest BCUT2D eigenvalue weighted by atomic mass is 32.2. The number of aryl methyl sites for hydroxylation is 1. The van der Waals surface area contributed by atoms with Crippen LogP contribution in [0.3, 0.4) is 0 Å². The zero-order valence-electron chi connectivity index (χ0n) is 16.6. The second kappa shape index (κ2) is 7.65. The summed E-state index contributed by atoms with van der Waals surface area (Å²) in [6, 6.07) is 4.42. The first-order chi connectivity index (χ1) is 14.1. The van der Waals surface area contributed by atoms with Crippen LogP contribution in [0, 0.1) is 0 Å². The number of nitrogens with zero attached hydrogens (tertiary/aromatic N) is 5. The lowest BCUT2D eigenvalue weighted by molar-refractivity contribution is 0.182. The molecular formula is C21H27N5O2S. The molecule has 0 atom stereocenters. The molecule has 0 saturated carbocycles. The van der Waals surface area contributed by atoms with E-state index in [-0.39, 0.29) is 0 Å². The minimum Gasteiger partial charge on any atom is -0.356 e. The van der Waals surface area contributed by atoms with Gasteiger partial charge in [0.25, 0.3) is 0 Å². The molecule has 2 aliphatic heterocycles. The summed E-state index contributed by atoms with van der Waals surface area (Å²) >= 11 is 0. The Balaban J connectivity index is 1.34. The van der Waals surface area contributed by atoms with Gasteiger partial charge < -0.3 is 4.90 Å². The van der Waals surface area contributed by atoms with Gasteiger partial charge in [0.15, 0.2) is 15.7 Å². The summed E-state index contributed by atoms with van der Waals surface area (Å²) in [6.45, 7) is 3.30. The van der Waals surface area contributed by atoms with Gasteiger partial charge in [0.2, 0.25) is 0 Å². The van der Waals surface area contributed by atoms with Gasteiger partial charge in [0.1, 0.15) is 5.82 Å². The van der Waals surface area contributed by atoms with Gasteiger partial charge in [0, 0.05) is 61.4 Å². The summed E-state index contributed by atoms with van der Waals surface area (Å²) in [5, 5.41) is 0. The van der Waals surface area contributed by atoms with Crippen molar-refractivity contribution in [3.8, 4) is 11.4 Å². The van der Waals surface area contributed by atoms with Crippen LogP contribution in [0.1, 0.15) is 30.5 Å². The van der Waals surface area contributed by atoms with Crippen LogP contribution < -0.4 is 4.90 Å². The maximum atomic E-state index is 11.7. The molecule has 2 saturated heterocycles. The fourth-order valence-electron chi connectivity index (χ4n) is 4.84. The van der Waals surface area contributed by atoms with Gasteiger partial charge in [-0.15, -0.1) is 0 Å². The predicted octanol–water partition coefficient (Wildman–Crippen LogP) is 1.73. The third-order valence-corrected chi connectivity index (χ3v) is 8.12. The quantitative estimate of drug-likeness (QED) is 0.758. The van der Waals surface area contributed by atoms with Crippen LogP contribution >= 0.6 is 0 Å². The molecule has 8 heteroatoms. The monoisotopic (exact) mass is 413 g/mol. The van der Waals surface area contributed by atoms with Gasteiger partial charge in [-0.05, 0) is 44.2 Å². The molecular weight excluding hydrogens is 386 g/mol. The molecule has 0 N–H and O–H groups in total. The largest absolute Gasteiger partial charge is 0.356 e. The minimum absolute atomic E-state index is 0.307. The van der Waals surface area contributed by atoms with Crippen LogP contribution in [0.5, 0.6) is 0 Å². The second-order valence-electron chi connectivity index (χ2n) is 8.29. The molecule has 29 heavy (non-hydrogen) atoms. The number of aromatic nitrogens is 3. The van der Waals surface area contributed by atoms with E-state index >= 15 is 0 Å². The Bertz CT molecular complexity index is 974. The summed E-state index contributed by atoms with van der Waals surface area (Å²) in [6.07, 6.45) is 8.93. The molecule has 1 aliphatic carbocycles. The molecule has 0 aromatic carbocycles. The number of hydrogen-bond acceptors (Lipinski definition) is 7. The highest BCUT2D eigenvalue weighted by Gasteiger charge is 2.31. The number of pyridine rings is 1. The Morgan fingerprint density at radius 2 is 1.66 bits per heavy atom. The van der Waals surface area contributed by atoms with Crippen molar-refractivity contribution >= 4 is 15.7 Å². The molecule has 4 heterocycles. The molecule has 0 bridgehead atoms. The Kier molecular flexibility index (Phi) is 4.99. The molecule has 2 aromatic heterocycles. The summed E-state index contributed by atoms with van der Waals surface area (Å²) in [5.74, 6) is 2.52. The molecule has 7 nitrogen and oxygen atoms in total. The van der Waals surface area contributed by atoms with E-state index in [4.69, 9.17) is 9.97 Å². The lowest BCUT2D eigenvalue weighted by atomic mass is 10.0. The summed E-state index contributed by atoms with van der Waals surface area (Å²) < 4.78 is 23.4. The van der Waals surface area contributed by atoms with E-state index < -0.39 is 9.84 Å². The topological polar surface area (TPSA) is 79.3 Å². The molecule has 0 unspecified atom stereocenters. The molecule has 2 aromatic rings. The number of hydrogen-bond donors (Lipinski definition) is 0. The predicted molar refractivity (Wildman–Crippen MR) is 113 cm³/mol. The molecule has 0 radical (unpaired) electrons. The van der Waals surface area contributed by atoms with E-state index in [1.807, 2.05) is 12.1 Å². The first kappa shape index (κ1) is 18.9. The van der Waals surface area contributed by atoms with Crippen molar-refractivity contribution in [1.29, 1.82) is 0 Å². The van der Waals surface area contributed by atoms with Crippen LogP contribution in [0.4, 0.5) is 5.82 Å². The van der Waals surface area contributed by atoms with Gasteiger partial charge in [-0.1, -0.05) is 0 Å². The lowest BCUT2D eigenvalue weighted by Gasteiger charge is -2.40. The zero-order valence-corrected chi connectivity index (χ0v) is 17.4. The molecule has 0 spiro atoms. The number of anilines is 1. The Morgan fingerprint density at radius 3 is 2.38 bits per heavy atom.